The highest BCUT2D eigenvalue weighted by molar-refractivity contribution is 5.93. The van der Waals surface area contributed by atoms with E-state index in [1.807, 2.05) is 0 Å². The number of oxazole rings is 1. The first-order valence-electron chi connectivity index (χ1n) is 5.62. The first kappa shape index (κ1) is 15.3. The number of rotatable bonds is 3. The van der Waals surface area contributed by atoms with Crippen LogP contribution in [0.4, 0.5) is 5.69 Å². The van der Waals surface area contributed by atoms with Crippen LogP contribution in [0.5, 0.6) is 0 Å². The molecule has 1 amide bonds. The maximum atomic E-state index is 11.5. The first-order valence-corrected chi connectivity index (χ1v) is 5.62. The second-order valence-electron chi connectivity index (χ2n) is 4.34. The van der Waals surface area contributed by atoms with E-state index in [2.05, 4.69) is 5.32 Å². The van der Waals surface area contributed by atoms with Crippen LogP contribution in [-0.2, 0) is 11.8 Å². The number of aromatic nitrogens is 1. The molecule has 3 N–H and O–H groups in total. The number of anilines is 1. The van der Waals surface area contributed by atoms with Gasteiger partial charge in [-0.25, -0.2) is 4.79 Å². The van der Waals surface area contributed by atoms with Gasteiger partial charge in [0.2, 0.25) is 5.91 Å². The van der Waals surface area contributed by atoms with Crippen molar-refractivity contribution in [1.29, 1.82) is 0 Å². The molecular weight excluding hydrogens is 270 g/mol. The Kier molecular flexibility index (Phi) is 4.74. The lowest BCUT2D eigenvalue weighted by molar-refractivity contribution is -0.116. The standard InChI is InChI=1S/C12H15N3O3.ClH/c1-7(13)5-11(16)14-8-3-4-9-10(6-8)18-12(17)15(9)2;/h3-4,6-7H,5,13H2,1-2H3,(H,14,16);1H. The summed E-state index contributed by atoms with van der Waals surface area (Å²) in [5.41, 5.74) is 7.25. The van der Waals surface area contributed by atoms with Crippen molar-refractivity contribution in [3.63, 3.8) is 0 Å². The Morgan fingerprint density at radius 2 is 2.21 bits per heavy atom. The van der Waals surface area contributed by atoms with Crippen molar-refractivity contribution in [3.05, 3.63) is 28.7 Å². The molecular formula is C12H16ClN3O3. The predicted octanol–water partition coefficient (Wildman–Crippen LogP) is 1.23. The average molecular weight is 286 g/mol. The zero-order valence-electron chi connectivity index (χ0n) is 10.7. The van der Waals surface area contributed by atoms with E-state index in [1.165, 1.54) is 4.57 Å². The molecule has 1 unspecified atom stereocenters. The molecule has 0 spiro atoms. The van der Waals surface area contributed by atoms with Crippen LogP contribution in [0, 0.1) is 0 Å². The minimum atomic E-state index is -0.427. The van der Waals surface area contributed by atoms with Crippen LogP contribution < -0.4 is 16.8 Å². The van der Waals surface area contributed by atoms with E-state index >= 15 is 0 Å². The fraction of sp³-hybridized carbons (Fsp3) is 0.333. The number of hydrogen-bond donors (Lipinski definition) is 2. The van der Waals surface area contributed by atoms with Crippen molar-refractivity contribution in [1.82, 2.24) is 4.57 Å². The highest BCUT2D eigenvalue weighted by atomic mass is 35.5. The van der Waals surface area contributed by atoms with Crippen LogP contribution in [0.25, 0.3) is 11.1 Å². The number of carbonyl (C=O) groups excluding carboxylic acids is 1. The average Bonchev–Trinajstić information content (AvgIpc) is 2.53. The summed E-state index contributed by atoms with van der Waals surface area (Å²) in [7, 11) is 1.63. The number of nitrogens with one attached hydrogen (secondary N) is 1. The summed E-state index contributed by atoms with van der Waals surface area (Å²) in [5.74, 6) is -0.591. The zero-order chi connectivity index (χ0) is 13.3. The van der Waals surface area contributed by atoms with Gasteiger partial charge in [0.15, 0.2) is 5.58 Å². The van der Waals surface area contributed by atoms with Gasteiger partial charge in [-0.2, -0.15) is 0 Å². The molecule has 1 aromatic carbocycles. The van der Waals surface area contributed by atoms with Crippen molar-refractivity contribution in [2.75, 3.05) is 5.32 Å². The monoisotopic (exact) mass is 285 g/mol. The second-order valence-corrected chi connectivity index (χ2v) is 4.34. The van der Waals surface area contributed by atoms with Gasteiger partial charge in [0.25, 0.3) is 0 Å². The first-order chi connectivity index (χ1) is 8.47. The van der Waals surface area contributed by atoms with Gasteiger partial charge in [0.1, 0.15) is 0 Å². The fourth-order valence-electron chi connectivity index (χ4n) is 1.72. The van der Waals surface area contributed by atoms with Crippen molar-refractivity contribution in [2.24, 2.45) is 12.8 Å². The second kappa shape index (κ2) is 5.90. The van der Waals surface area contributed by atoms with Crippen LogP contribution in [0.3, 0.4) is 0 Å². The Morgan fingerprint density at radius 1 is 1.53 bits per heavy atom. The Balaban J connectivity index is 0.00000180. The third kappa shape index (κ3) is 3.36. The molecule has 2 rings (SSSR count). The summed E-state index contributed by atoms with van der Waals surface area (Å²) in [6, 6.07) is 4.87. The van der Waals surface area contributed by atoms with E-state index in [4.69, 9.17) is 10.2 Å². The van der Waals surface area contributed by atoms with Gasteiger partial charge in [0.05, 0.1) is 5.52 Å². The van der Waals surface area contributed by atoms with Gasteiger partial charge >= 0.3 is 5.76 Å². The smallest absolute Gasteiger partial charge is 0.408 e. The quantitative estimate of drug-likeness (QED) is 0.887. The minimum Gasteiger partial charge on any atom is -0.408 e. The topological polar surface area (TPSA) is 90.3 Å². The Morgan fingerprint density at radius 3 is 2.84 bits per heavy atom. The molecule has 19 heavy (non-hydrogen) atoms. The number of nitrogens with zero attached hydrogens (tertiary/aromatic N) is 1. The lowest BCUT2D eigenvalue weighted by Gasteiger charge is -2.06. The van der Waals surface area contributed by atoms with E-state index in [1.54, 1.807) is 32.2 Å². The normalized spacial score (nSPS) is 11.9. The molecule has 1 aromatic heterocycles. The summed E-state index contributed by atoms with van der Waals surface area (Å²) in [6.07, 6.45) is 0.247. The molecule has 0 fully saturated rings. The van der Waals surface area contributed by atoms with E-state index in [0.29, 0.717) is 16.8 Å². The molecule has 7 heteroatoms. The molecule has 104 valence electrons. The third-order valence-electron chi connectivity index (χ3n) is 2.58. The molecule has 0 aliphatic carbocycles. The highest BCUT2D eigenvalue weighted by Gasteiger charge is 2.09. The fourth-order valence-corrected chi connectivity index (χ4v) is 1.72. The summed E-state index contributed by atoms with van der Waals surface area (Å²) in [4.78, 5) is 22.9. The van der Waals surface area contributed by atoms with E-state index in [9.17, 15) is 9.59 Å². The van der Waals surface area contributed by atoms with E-state index < -0.39 is 5.76 Å². The Bertz CT molecular complexity index is 645. The largest absolute Gasteiger partial charge is 0.419 e. The molecule has 6 nitrogen and oxygen atoms in total. The van der Waals surface area contributed by atoms with Gasteiger partial charge in [-0.15, -0.1) is 12.4 Å². The number of halogens is 1. The predicted molar refractivity (Wildman–Crippen MR) is 75.6 cm³/mol. The number of carbonyl (C=O) groups is 1. The minimum absolute atomic E-state index is 0. The van der Waals surface area contributed by atoms with Crippen molar-refractivity contribution in [3.8, 4) is 0 Å². The summed E-state index contributed by atoms with van der Waals surface area (Å²) in [5, 5.41) is 2.70. The number of aryl methyl sites for hydroxylation is 1. The van der Waals surface area contributed by atoms with Crippen LogP contribution in [0.2, 0.25) is 0 Å². The zero-order valence-corrected chi connectivity index (χ0v) is 11.5. The lowest BCUT2D eigenvalue weighted by atomic mass is 10.2. The van der Waals surface area contributed by atoms with Crippen LogP contribution in [0.15, 0.2) is 27.4 Å². The molecule has 0 aliphatic heterocycles. The number of hydrogen-bond acceptors (Lipinski definition) is 4. The van der Waals surface area contributed by atoms with Crippen molar-refractivity contribution >= 4 is 35.1 Å². The molecule has 0 saturated heterocycles. The van der Waals surface area contributed by atoms with Gasteiger partial charge in [0, 0.05) is 31.3 Å². The van der Waals surface area contributed by atoms with Crippen LogP contribution >= 0.6 is 12.4 Å². The summed E-state index contributed by atoms with van der Waals surface area (Å²) >= 11 is 0. The summed E-state index contributed by atoms with van der Waals surface area (Å²) in [6.45, 7) is 1.76. The van der Waals surface area contributed by atoms with Crippen LogP contribution in [-0.4, -0.2) is 16.5 Å². The molecule has 0 radical (unpaired) electrons. The maximum Gasteiger partial charge on any atom is 0.419 e. The van der Waals surface area contributed by atoms with E-state index in [-0.39, 0.29) is 30.8 Å². The molecule has 1 atom stereocenters. The lowest BCUT2D eigenvalue weighted by Crippen LogP contribution is -2.23. The van der Waals surface area contributed by atoms with Gasteiger partial charge in [-0.3, -0.25) is 9.36 Å². The third-order valence-corrected chi connectivity index (χ3v) is 2.58. The Labute approximate surface area is 116 Å². The van der Waals surface area contributed by atoms with Crippen molar-refractivity contribution in [2.45, 2.75) is 19.4 Å². The number of fused-ring (bicyclic) bond motifs is 1. The van der Waals surface area contributed by atoms with Gasteiger partial charge in [-0.1, -0.05) is 0 Å². The molecule has 2 aromatic rings. The molecule has 1 heterocycles. The Hall–Kier alpha value is -1.79. The van der Waals surface area contributed by atoms with Crippen molar-refractivity contribution < 1.29 is 9.21 Å². The summed E-state index contributed by atoms with van der Waals surface area (Å²) < 4.78 is 6.44. The SMILES string of the molecule is CC(N)CC(=O)Nc1ccc2c(c1)oc(=O)n2C.Cl. The number of amides is 1. The maximum absolute atomic E-state index is 11.5. The van der Waals surface area contributed by atoms with Gasteiger partial charge in [-0.05, 0) is 19.1 Å². The van der Waals surface area contributed by atoms with Crippen LogP contribution in [0.1, 0.15) is 13.3 Å². The molecule has 0 saturated carbocycles. The molecule has 0 bridgehead atoms. The highest BCUT2D eigenvalue weighted by Crippen LogP contribution is 2.17. The van der Waals surface area contributed by atoms with Gasteiger partial charge < -0.3 is 15.5 Å². The number of benzene rings is 1. The molecule has 0 aliphatic rings. The number of nitrogens with two attached hydrogens (primary N) is 1. The van der Waals surface area contributed by atoms with E-state index in [0.717, 1.165) is 0 Å².